The second kappa shape index (κ2) is 7.42. The maximum Gasteiger partial charge on any atom is 0.126 e. The van der Waals surface area contributed by atoms with Gasteiger partial charge in [-0.05, 0) is 187 Å². The molecule has 0 aromatic heterocycles. The van der Waals surface area contributed by atoms with Crippen LogP contribution in [0, 0.1) is 60.2 Å². The van der Waals surface area contributed by atoms with Crippen LogP contribution in [0.4, 0.5) is 0 Å². The molecule has 0 unspecified atom stereocenters. The molecule has 0 radical (unpaired) electrons. The Kier molecular flexibility index (Phi) is 4.45. The van der Waals surface area contributed by atoms with Crippen LogP contribution in [0.2, 0.25) is 0 Å². The second-order valence-electron chi connectivity index (χ2n) is 18.0. The zero-order valence-electron chi connectivity index (χ0n) is 24.3. The standard InChI is InChI=1S/C37H50O2/c1-20-33(38)31(36-14-24-5-25(15-36)7-26(6-24)16-36)30(35-11-21-2-22(12-35)4-23(3-21)13-35)32(34(20)39)37-17-27-8-28(18-37)10-29(9-27)19-37/h21-29,38-39H,2-19H2,1H3. The second-order valence-corrected chi connectivity index (χ2v) is 18.0. The zero-order chi connectivity index (χ0) is 25.9. The van der Waals surface area contributed by atoms with Gasteiger partial charge < -0.3 is 10.2 Å². The predicted molar refractivity (Wildman–Crippen MR) is 154 cm³/mol. The lowest BCUT2D eigenvalue weighted by molar-refractivity contribution is -0.0256. The Morgan fingerprint density at radius 2 is 0.590 bits per heavy atom. The van der Waals surface area contributed by atoms with Crippen LogP contribution in [0.25, 0.3) is 0 Å². The fourth-order valence-electron chi connectivity index (χ4n) is 15.7. The molecular weight excluding hydrogens is 476 g/mol. The van der Waals surface area contributed by atoms with Gasteiger partial charge in [-0.1, -0.05) is 0 Å². The maximum absolute atomic E-state index is 12.4. The average molecular weight is 527 g/mol. The number of rotatable bonds is 3. The van der Waals surface area contributed by atoms with Crippen molar-refractivity contribution in [3.63, 3.8) is 0 Å². The van der Waals surface area contributed by atoms with E-state index in [9.17, 15) is 10.2 Å². The first-order valence-corrected chi connectivity index (χ1v) is 17.4. The Morgan fingerprint density at radius 3 is 0.821 bits per heavy atom. The summed E-state index contributed by atoms with van der Waals surface area (Å²) < 4.78 is 0. The molecule has 1 aromatic rings. The SMILES string of the molecule is Cc1c(O)c(C23CC4CC(CC(C4)C2)C3)c(C23CC4CC(CC(C4)C2)C3)c(C23CC4CC(CC(C4)C2)C3)c1O. The van der Waals surface area contributed by atoms with Crippen molar-refractivity contribution < 1.29 is 10.2 Å². The smallest absolute Gasteiger partial charge is 0.126 e. The van der Waals surface area contributed by atoms with Gasteiger partial charge in [0.1, 0.15) is 11.5 Å². The lowest BCUT2D eigenvalue weighted by Gasteiger charge is -2.63. The largest absolute Gasteiger partial charge is 0.507 e. The van der Waals surface area contributed by atoms with Crippen LogP contribution in [-0.4, -0.2) is 10.2 Å². The Morgan fingerprint density at radius 1 is 0.385 bits per heavy atom. The van der Waals surface area contributed by atoms with Crippen LogP contribution in [0.5, 0.6) is 11.5 Å². The molecule has 2 nitrogen and oxygen atoms in total. The fourth-order valence-corrected chi connectivity index (χ4v) is 15.7. The van der Waals surface area contributed by atoms with Crippen LogP contribution >= 0.6 is 0 Å². The third kappa shape index (κ3) is 3.01. The van der Waals surface area contributed by atoms with Gasteiger partial charge in [0.15, 0.2) is 0 Å². The van der Waals surface area contributed by atoms with Crippen LogP contribution in [0.3, 0.4) is 0 Å². The number of aromatic hydroxyl groups is 2. The first-order valence-electron chi connectivity index (χ1n) is 17.4. The molecular formula is C37H50O2. The van der Waals surface area contributed by atoms with E-state index >= 15 is 0 Å². The molecule has 0 heterocycles. The molecule has 12 bridgehead atoms. The molecule has 0 saturated heterocycles. The Bertz CT molecular complexity index is 1080. The molecule has 12 fully saturated rings. The highest BCUT2D eigenvalue weighted by molar-refractivity contribution is 5.66. The van der Waals surface area contributed by atoms with Gasteiger partial charge in [-0.3, -0.25) is 0 Å². The molecule has 2 N–H and O–H groups in total. The van der Waals surface area contributed by atoms with Gasteiger partial charge in [0.25, 0.3) is 0 Å². The molecule has 12 saturated carbocycles. The number of phenols is 2. The normalized spacial score (nSPS) is 53.7. The topological polar surface area (TPSA) is 40.5 Å². The quantitative estimate of drug-likeness (QED) is 0.413. The van der Waals surface area contributed by atoms with Crippen molar-refractivity contribution in [2.24, 2.45) is 53.3 Å². The number of hydrogen-bond acceptors (Lipinski definition) is 2. The predicted octanol–water partition coefficient (Wildman–Crippen LogP) is 8.81. The lowest BCUT2D eigenvalue weighted by atomic mass is 9.41. The highest BCUT2D eigenvalue weighted by Crippen LogP contribution is 2.71. The van der Waals surface area contributed by atoms with Crippen LogP contribution in [0.1, 0.15) is 138 Å². The minimum Gasteiger partial charge on any atom is -0.507 e. The number of benzene rings is 1. The van der Waals surface area contributed by atoms with E-state index < -0.39 is 0 Å². The summed E-state index contributed by atoms with van der Waals surface area (Å²) >= 11 is 0. The molecule has 1 aromatic carbocycles. The summed E-state index contributed by atoms with van der Waals surface area (Å²) in [5.41, 5.74) is 5.93. The van der Waals surface area contributed by atoms with Crippen LogP contribution < -0.4 is 0 Å². The minimum atomic E-state index is 0.174. The summed E-state index contributed by atoms with van der Waals surface area (Å²) in [5.74, 6) is 8.99. The maximum atomic E-state index is 12.4. The monoisotopic (exact) mass is 526 g/mol. The molecule has 39 heavy (non-hydrogen) atoms. The summed E-state index contributed by atoms with van der Waals surface area (Å²) in [6.45, 7) is 2.09. The van der Waals surface area contributed by atoms with E-state index in [2.05, 4.69) is 6.92 Å². The van der Waals surface area contributed by atoms with E-state index in [1.807, 2.05) is 0 Å². The van der Waals surface area contributed by atoms with Gasteiger partial charge in [-0.2, -0.15) is 0 Å². The highest BCUT2D eigenvalue weighted by Gasteiger charge is 2.61. The Hall–Kier alpha value is -1.18. The summed E-state index contributed by atoms with van der Waals surface area (Å²) in [5, 5.41) is 24.7. The fraction of sp³-hybridized carbons (Fsp3) is 0.838. The van der Waals surface area contributed by atoms with E-state index in [1.54, 1.807) is 5.56 Å². The van der Waals surface area contributed by atoms with Gasteiger partial charge in [0.2, 0.25) is 0 Å². The van der Waals surface area contributed by atoms with Gasteiger partial charge in [0.05, 0.1) is 0 Å². The van der Waals surface area contributed by atoms with Crippen molar-refractivity contribution >= 4 is 0 Å². The summed E-state index contributed by atoms with van der Waals surface area (Å²) in [6, 6.07) is 0. The Labute approximate surface area is 235 Å². The number of hydrogen-bond donors (Lipinski definition) is 2. The van der Waals surface area contributed by atoms with E-state index in [0.29, 0.717) is 11.5 Å². The molecule has 0 aliphatic heterocycles. The first-order chi connectivity index (χ1) is 18.8. The third-order valence-electron chi connectivity index (χ3n) is 15.4. The van der Waals surface area contributed by atoms with Crippen molar-refractivity contribution in [2.45, 2.75) is 139 Å². The average Bonchev–Trinajstić information content (AvgIpc) is 2.84. The van der Waals surface area contributed by atoms with Gasteiger partial charge in [-0.25, -0.2) is 0 Å². The molecule has 2 heteroatoms. The van der Waals surface area contributed by atoms with Crippen molar-refractivity contribution in [1.82, 2.24) is 0 Å². The minimum absolute atomic E-state index is 0.174. The molecule has 12 aliphatic carbocycles. The molecule has 210 valence electrons. The first kappa shape index (κ1) is 23.4. The van der Waals surface area contributed by atoms with Crippen LogP contribution in [0.15, 0.2) is 0 Å². The van der Waals surface area contributed by atoms with Crippen molar-refractivity contribution in [3.8, 4) is 11.5 Å². The summed E-state index contributed by atoms with van der Waals surface area (Å²) in [6.07, 6.45) is 25.0. The van der Waals surface area contributed by atoms with Crippen molar-refractivity contribution in [1.29, 1.82) is 0 Å². The van der Waals surface area contributed by atoms with E-state index in [0.717, 1.165) is 58.8 Å². The molecule has 0 atom stereocenters. The molecule has 0 amide bonds. The summed E-state index contributed by atoms with van der Waals surface area (Å²) in [4.78, 5) is 0. The van der Waals surface area contributed by atoms with E-state index in [4.69, 9.17) is 0 Å². The van der Waals surface area contributed by atoms with E-state index in [-0.39, 0.29) is 16.2 Å². The summed E-state index contributed by atoms with van der Waals surface area (Å²) in [7, 11) is 0. The van der Waals surface area contributed by atoms with Crippen molar-refractivity contribution in [3.05, 3.63) is 22.3 Å². The van der Waals surface area contributed by atoms with E-state index in [1.165, 1.54) is 127 Å². The third-order valence-corrected chi connectivity index (χ3v) is 15.4. The zero-order valence-corrected chi connectivity index (χ0v) is 24.3. The molecule has 12 aliphatic rings. The van der Waals surface area contributed by atoms with Crippen LogP contribution in [-0.2, 0) is 16.2 Å². The highest BCUT2D eigenvalue weighted by atomic mass is 16.3. The lowest BCUT2D eigenvalue weighted by Crippen LogP contribution is -2.55. The van der Waals surface area contributed by atoms with Gasteiger partial charge >= 0.3 is 0 Å². The van der Waals surface area contributed by atoms with Crippen molar-refractivity contribution in [2.75, 3.05) is 0 Å². The molecule has 13 rings (SSSR count). The van der Waals surface area contributed by atoms with Gasteiger partial charge in [0, 0.05) is 27.5 Å². The Balaban J connectivity index is 1.26. The molecule has 0 spiro atoms. The van der Waals surface area contributed by atoms with Gasteiger partial charge in [-0.15, -0.1) is 0 Å². The number of phenolic OH excluding ortho intramolecular Hbond substituents is 2.